The van der Waals surface area contributed by atoms with Crippen molar-refractivity contribution < 1.29 is 9.53 Å². The molecule has 0 saturated heterocycles. The van der Waals surface area contributed by atoms with Crippen LogP contribution >= 0.6 is 0 Å². The predicted octanol–water partition coefficient (Wildman–Crippen LogP) is 2.90. The molecule has 0 atom stereocenters. The zero-order valence-electron chi connectivity index (χ0n) is 11.8. The van der Waals surface area contributed by atoms with Gasteiger partial charge in [-0.3, -0.25) is 10.3 Å². The third kappa shape index (κ3) is 3.56. The summed E-state index contributed by atoms with van der Waals surface area (Å²) in [4.78, 5) is 19.7. The molecule has 0 aliphatic carbocycles. The van der Waals surface area contributed by atoms with Crippen molar-refractivity contribution >= 4 is 29.5 Å². The van der Waals surface area contributed by atoms with Crippen LogP contribution in [0.15, 0.2) is 41.5 Å². The summed E-state index contributed by atoms with van der Waals surface area (Å²) >= 11 is 0. The Balaban J connectivity index is 2.35. The lowest BCUT2D eigenvalue weighted by atomic mass is 10.1. The van der Waals surface area contributed by atoms with Gasteiger partial charge in [-0.25, -0.2) is 9.78 Å². The molecule has 1 aromatic heterocycles. The number of carbonyl (C=O) groups excluding carboxylic acids is 1. The monoisotopic (exact) mass is 284 g/mol. The van der Waals surface area contributed by atoms with Crippen LogP contribution in [0.25, 0.3) is 0 Å². The molecule has 0 radical (unpaired) electrons. The maximum atomic E-state index is 11.4. The molecule has 6 nitrogen and oxygen atoms in total. The third-order valence-corrected chi connectivity index (χ3v) is 2.90. The summed E-state index contributed by atoms with van der Waals surface area (Å²) in [5.74, 6) is 0.352. The summed E-state index contributed by atoms with van der Waals surface area (Å²) < 4.78 is 4.61. The minimum Gasteiger partial charge on any atom is -0.453 e. The molecule has 2 rings (SSSR count). The van der Waals surface area contributed by atoms with Crippen LogP contribution in [0.2, 0.25) is 0 Å². The Hall–Kier alpha value is -2.89. The standard InChI is InChI=1S/C15H16N4O2/c1-10-5-3-6-12(19-15(20)21-2)11(10)9-18-13-7-4-8-17-14(13)16/h3-9H,1-2H3,(H2,16,17)(H,19,20)/b18-9+. The number of carbonyl (C=O) groups is 1. The van der Waals surface area contributed by atoms with E-state index in [1.165, 1.54) is 7.11 Å². The van der Waals surface area contributed by atoms with E-state index >= 15 is 0 Å². The summed E-state index contributed by atoms with van der Waals surface area (Å²) in [5, 5.41) is 2.65. The summed E-state index contributed by atoms with van der Waals surface area (Å²) in [7, 11) is 1.31. The van der Waals surface area contributed by atoms with Crippen molar-refractivity contribution in [2.45, 2.75) is 6.92 Å². The van der Waals surface area contributed by atoms with Crippen LogP contribution < -0.4 is 11.1 Å². The highest BCUT2D eigenvalue weighted by Crippen LogP contribution is 2.21. The molecule has 1 aromatic carbocycles. The smallest absolute Gasteiger partial charge is 0.411 e. The van der Waals surface area contributed by atoms with E-state index in [1.807, 2.05) is 19.1 Å². The molecule has 3 N–H and O–H groups in total. The number of ether oxygens (including phenoxy) is 1. The van der Waals surface area contributed by atoms with Gasteiger partial charge in [-0.1, -0.05) is 12.1 Å². The van der Waals surface area contributed by atoms with Gasteiger partial charge in [0.2, 0.25) is 0 Å². The number of nitrogens with two attached hydrogens (primary N) is 1. The number of hydrogen-bond acceptors (Lipinski definition) is 5. The zero-order valence-corrected chi connectivity index (χ0v) is 11.8. The van der Waals surface area contributed by atoms with Gasteiger partial charge in [0.1, 0.15) is 11.5 Å². The predicted molar refractivity (Wildman–Crippen MR) is 83.1 cm³/mol. The first-order chi connectivity index (χ1) is 10.1. The molecule has 1 heterocycles. The fraction of sp³-hybridized carbons (Fsp3) is 0.133. The lowest BCUT2D eigenvalue weighted by molar-refractivity contribution is 0.187. The maximum absolute atomic E-state index is 11.4. The Bertz CT molecular complexity index is 683. The maximum Gasteiger partial charge on any atom is 0.411 e. The van der Waals surface area contributed by atoms with Crippen molar-refractivity contribution in [1.82, 2.24) is 4.98 Å². The number of hydrogen-bond donors (Lipinski definition) is 2. The number of aryl methyl sites for hydroxylation is 1. The van der Waals surface area contributed by atoms with Crippen molar-refractivity contribution in [2.24, 2.45) is 4.99 Å². The van der Waals surface area contributed by atoms with Crippen molar-refractivity contribution in [3.05, 3.63) is 47.7 Å². The lowest BCUT2D eigenvalue weighted by Crippen LogP contribution is -2.12. The molecule has 0 fully saturated rings. The highest BCUT2D eigenvalue weighted by Gasteiger charge is 2.07. The molecule has 21 heavy (non-hydrogen) atoms. The Kier molecular flexibility index (Phi) is 4.50. The second-order valence-corrected chi connectivity index (χ2v) is 4.32. The van der Waals surface area contributed by atoms with E-state index in [0.29, 0.717) is 17.2 Å². The molecule has 2 aromatic rings. The fourth-order valence-corrected chi connectivity index (χ4v) is 1.77. The number of nitrogens with zero attached hydrogens (tertiary/aromatic N) is 2. The van der Waals surface area contributed by atoms with Crippen LogP contribution in [0.1, 0.15) is 11.1 Å². The molecule has 6 heteroatoms. The first-order valence-electron chi connectivity index (χ1n) is 6.31. The van der Waals surface area contributed by atoms with E-state index in [9.17, 15) is 4.79 Å². The number of methoxy groups -OCH3 is 1. The number of nitrogen functional groups attached to an aromatic ring is 1. The average Bonchev–Trinajstić information content (AvgIpc) is 2.48. The van der Waals surface area contributed by atoms with E-state index < -0.39 is 6.09 Å². The normalized spacial score (nSPS) is 10.6. The van der Waals surface area contributed by atoms with E-state index in [-0.39, 0.29) is 0 Å². The summed E-state index contributed by atoms with van der Waals surface area (Å²) in [6, 6.07) is 9.07. The zero-order chi connectivity index (χ0) is 15.2. The molecular formula is C15H16N4O2. The minimum absolute atomic E-state index is 0.352. The van der Waals surface area contributed by atoms with Gasteiger partial charge in [-0.15, -0.1) is 0 Å². The minimum atomic E-state index is -0.531. The first-order valence-corrected chi connectivity index (χ1v) is 6.31. The topological polar surface area (TPSA) is 89.6 Å². The molecule has 0 spiro atoms. The number of amides is 1. The number of pyridine rings is 1. The van der Waals surface area contributed by atoms with E-state index in [1.54, 1.807) is 30.6 Å². The van der Waals surface area contributed by atoms with E-state index in [0.717, 1.165) is 11.1 Å². The molecule has 1 amide bonds. The highest BCUT2D eigenvalue weighted by atomic mass is 16.5. The summed E-state index contributed by atoms with van der Waals surface area (Å²) in [6.45, 7) is 1.93. The average molecular weight is 284 g/mol. The first kappa shape index (κ1) is 14.5. The molecular weight excluding hydrogens is 268 g/mol. The number of anilines is 2. The van der Waals surface area contributed by atoms with Gasteiger partial charge in [0.05, 0.1) is 12.8 Å². The van der Waals surface area contributed by atoms with Crippen molar-refractivity contribution in [1.29, 1.82) is 0 Å². The van der Waals surface area contributed by atoms with Gasteiger partial charge < -0.3 is 10.5 Å². The van der Waals surface area contributed by atoms with Gasteiger partial charge in [-0.2, -0.15) is 0 Å². The van der Waals surface area contributed by atoms with Gasteiger partial charge in [-0.05, 0) is 30.7 Å². The van der Waals surface area contributed by atoms with Gasteiger partial charge in [0.15, 0.2) is 0 Å². The molecule has 0 saturated carbocycles. The molecule has 0 aliphatic heterocycles. The Morgan fingerprint density at radius 2 is 2.19 bits per heavy atom. The van der Waals surface area contributed by atoms with Crippen LogP contribution in [-0.2, 0) is 4.74 Å². The molecule has 0 unspecified atom stereocenters. The Morgan fingerprint density at radius 3 is 2.90 bits per heavy atom. The van der Waals surface area contributed by atoms with Gasteiger partial charge in [0.25, 0.3) is 0 Å². The van der Waals surface area contributed by atoms with Crippen molar-refractivity contribution in [3.8, 4) is 0 Å². The van der Waals surface area contributed by atoms with Gasteiger partial charge >= 0.3 is 6.09 Å². The van der Waals surface area contributed by atoms with Gasteiger partial charge in [0, 0.05) is 18.0 Å². The molecule has 0 bridgehead atoms. The number of benzene rings is 1. The van der Waals surface area contributed by atoms with Crippen LogP contribution in [-0.4, -0.2) is 24.4 Å². The van der Waals surface area contributed by atoms with E-state index in [4.69, 9.17) is 5.73 Å². The summed E-state index contributed by atoms with van der Waals surface area (Å²) in [5.41, 5.74) is 8.69. The van der Waals surface area contributed by atoms with Crippen LogP contribution in [0.4, 0.5) is 22.0 Å². The second kappa shape index (κ2) is 6.51. The van der Waals surface area contributed by atoms with Crippen molar-refractivity contribution in [2.75, 3.05) is 18.2 Å². The SMILES string of the molecule is COC(=O)Nc1cccc(C)c1/C=N/c1cccnc1N. The second-order valence-electron chi connectivity index (χ2n) is 4.32. The third-order valence-electron chi connectivity index (χ3n) is 2.90. The number of rotatable bonds is 3. The fourth-order valence-electron chi connectivity index (χ4n) is 1.77. The van der Waals surface area contributed by atoms with Crippen LogP contribution in [0, 0.1) is 6.92 Å². The van der Waals surface area contributed by atoms with Crippen LogP contribution in [0.5, 0.6) is 0 Å². The number of nitrogens with one attached hydrogen (secondary N) is 1. The molecule has 108 valence electrons. The highest BCUT2D eigenvalue weighted by molar-refractivity contribution is 5.96. The molecule has 0 aliphatic rings. The Morgan fingerprint density at radius 1 is 1.38 bits per heavy atom. The van der Waals surface area contributed by atoms with Crippen LogP contribution in [0.3, 0.4) is 0 Å². The summed E-state index contributed by atoms with van der Waals surface area (Å²) in [6.07, 6.45) is 2.72. The number of aliphatic imine (C=N–C) groups is 1. The number of aromatic nitrogens is 1. The Labute approximate surface area is 122 Å². The quantitative estimate of drug-likeness (QED) is 0.848. The lowest BCUT2D eigenvalue weighted by Gasteiger charge is -2.09. The largest absolute Gasteiger partial charge is 0.453 e. The van der Waals surface area contributed by atoms with Crippen molar-refractivity contribution in [3.63, 3.8) is 0 Å². The van der Waals surface area contributed by atoms with E-state index in [2.05, 4.69) is 20.0 Å².